The van der Waals surface area contributed by atoms with E-state index in [4.69, 9.17) is 16.0 Å². The van der Waals surface area contributed by atoms with Crippen LogP contribution in [0.25, 0.3) is 11.5 Å². The Kier molecular flexibility index (Phi) is 3.77. The molecule has 1 aliphatic heterocycles. The first kappa shape index (κ1) is 12.6. The monoisotopic (exact) mass is 278 g/mol. The van der Waals surface area contributed by atoms with Gasteiger partial charge in [-0.3, -0.25) is 4.90 Å². The van der Waals surface area contributed by atoms with Gasteiger partial charge in [-0.05, 0) is 12.1 Å². The summed E-state index contributed by atoms with van der Waals surface area (Å²) >= 11 is 6.11. The van der Waals surface area contributed by atoms with Crippen LogP contribution in [-0.4, -0.2) is 41.3 Å². The summed E-state index contributed by atoms with van der Waals surface area (Å²) in [7, 11) is 0. The number of rotatable bonds is 3. The van der Waals surface area contributed by atoms with Gasteiger partial charge in [0.1, 0.15) is 0 Å². The van der Waals surface area contributed by atoms with Gasteiger partial charge in [0.05, 0.1) is 17.1 Å². The first-order valence-electron chi connectivity index (χ1n) is 6.33. The van der Waals surface area contributed by atoms with E-state index in [1.807, 2.05) is 24.3 Å². The van der Waals surface area contributed by atoms with Crippen LogP contribution in [0.2, 0.25) is 5.02 Å². The zero-order valence-corrected chi connectivity index (χ0v) is 11.2. The average Bonchev–Trinajstić information content (AvgIpc) is 2.89. The van der Waals surface area contributed by atoms with Crippen LogP contribution in [0.3, 0.4) is 0 Å². The standard InChI is InChI=1S/C13H15ClN4O/c14-11-4-2-1-3-10(11)13-17-16-12(19-13)9-18-7-5-15-6-8-18/h1-4,15H,5-9H2. The molecule has 0 radical (unpaired) electrons. The lowest BCUT2D eigenvalue weighted by atomic mass is 10.2. The fraction of sp³-hybridized carbons (Fsp3) is 0.385. The van der Waals surface area contributed by atoms with Crippen molar-refractivity contribution in [2.24, 2.45) is 0 Å². The van der Waals surface area contributed by atoms with Crippen molar-refractivity contribution in [2.45, 2.75) is 6.54 Å². The lowest BCUT2D eigenvalue weighted by molar-refractivity contribution is 0.213. The molecular weight excluding hydrogens is 264 g/mol. The second-order valence-electron chi connectivity index (χ2n) is 4.51. The van der Waals surface area contributed by atoms with Gasteiger partial charge in [0, 0.05) is 26.2 Å². The zero-order chi connectivity index (χ0) is 13.1. The minimum atomic E-state index is 0.482. The molecule has 2 heterocycles. The third-order valence-electron chi connectivity index (χ3n) is 3.14. The highest BCUT2D eigenvalue weighted by molar-refractivity contribution is 6.33. The molecular formula is C13H15ClN4O. The second-order valence-corrected chi connectivity index (χ2v) is 4.91. The molecule has 0 aliphatic carbocycles. The Morgan fingerprint density at radius 2 is 2.00 bits per heavy atom. The highest BCUT2D eigenvalue weighted by atomic mass is 35.5. The number of nitrogens with one attached hydrogen (secondary N) is 1. The summed E-state index contributed by atoms with van der Waals surface area (Å²) in [6.07, 6.45) is 0. The molecule has 0 spiro atoms. The quantitative estimate of drug-likeness (QED) is 0.928. The van der Waals surface area contributed by atoms with E-state index >= 15 is 0 Å². The van der Waals surface area contributed by atoms with Crippen molar-refractivity contribution >= 4 is 11.6 Å². The molecule has 5 nitrogen and oxygen atoms in total. The fourth-order valence-corrected chi connectivity index (χ4v) is 2.34. The van der Waals surface area contributed by atoms with E-state index < -0.39 is 0 Å². The van der Waals surface area contributed by atoms with E-state index in [1.54, 1.807) is 0 Å². The minimum absolute atomic E-state index is 0.482. The maximum atomic E-state index is 6.11. The van der Waals surface area contributed by atoms with Gasteiger partial charge in [0.15, 0.2) is 0 Å². The van der Waals surface area contributed by atoms with Gasteiger partial charge < -0.3 is 9.73 Å². The Hall–Kier alpha value is -1.43. The summed E-state index contributed by atoms with van der Waals surface area (Å²) < 4.78 is 5.68. The number of aromatic nitrogens is 2. The maximum Gasteiger partial charge on any atom is 0.249 e. The Morgan fingerprint density at radius 3 is 2.79 bits per heavy atom. The molecule has 2 aromatic rings. The summed E-state index contributed by atoms with van der Waals surface area (Å²) in [4.78, 5) is 2.29. The van der Waals surface area contributed by atoms with Crippen molar-refractivity contribution < 1.29 is 4.42 Å². The number of halogens is 1. The first-order valence-corrected chi connectivity index (χ1v) is 6.71. The maximum absolute atomic E-state index is 6.11. The van der Waals surface area contributed by atoms with Gasteiger partial charge in [0.25, 0.3) is 0 Å². The molecule has 1 N–H and O–H groups in total. The molecule has 1 saturated heterocycles. The number of hydrogen-bond acceptors (Lipinski definition) is 5. The topological polar surface area (TPSA) is 54.2 Å². The van der Waals surface area contributed by atoms with Crippen LogP contribution in [0.4, 0.5) is 0 Å². The van der Waals surface area contributed by atoms with Gasteiger partial charge in [-0.2, -0.15) is 0 Å². The molecule has 0 amide bonds. The Bertz CT molecular complexity index is 551. The molecule has 0 unspecified atom stereocenters. The van der Waals surface area contributed by atoms with Crippen molar-refractivity contribution in [3.8, 4) is 11.5 Å². The van der Waals surface area contributed by atoms with E-state index in [2.05, 4.69) is 20.4 Å². The SMILES string of the molecule is Clc1ccccc1-c1nnc(CN2CCNCC2)o1. The van der Waals surface area contributed by atoms with E-state index in [1.165, 1.54) is 0 Å². The van der Waals surface area contributed by atoms with E-state index in [0.717, 1.165) is 31.7 Å². The fourth-order valence-electron chi connectivity index (χ4n) is 2.12. The Labute approximate surface area is 116 Å². The molecule has 0 bridgehead atoms. The van der Waals surface area contributed by atoms with Crippen molar-refractivity contribution in [3.05, 3.63) is 35.2 Å². The highest BCUT2D eigenvalue weighted by Gasteiger charge is 2.15. The largest absolute Gasteiger partial charge is 0.419 e. The molecule has 6 heteroatoms. The van der Waals surface area contributed by atoms with Crippen LogP contribution in [-0.2, 0) is 6.54 Å². The molecule has 3 rings (SSSR count). The summed E-state index contributed by atoms with van der Waals surface area (Å²) in [6, 6.07) is 7.48. The number of nitrogens with zero attached hydrogens (tertiary/aromatic N) is 3. The Balaban J connectivity index is 1.74. The van der Waals surface area contributed by atoms with Crippen molar-refractivity contribution in [3.63, 3.8) is 0 Å². The third kappa shape index (κ3) is 2.94. The Morgan fingerprint density at radius 1 is 1.21 bits per heavy atom. The predicted molar refractivity (Wildman–Crippen MR) is 72.9 cm³/mol. The third-order valence-corrected chi connectivity index (χ3v) is 3.47. The molecule has 100 valence electrons. The van der Waals surface area contributed by atoms with E-state index in [0.29, 0.717) is 23.3 Å². The summed E-state index contributed by atoms with van der Waals surface area (Å²) in [5, 5.41) is 12.1. The van der Waals surface area contributed by atoms with Gasteiger partial charge in [-0.1, -0.05) is 23.7 Å². The number of benzene rings is 1. The molecule has 19 heavy (non-hydrogen) atoms. The lowest BCUT2D eigenvalue weighted by Gasteiger charge is -2.25. The van der Waals surface area contributed by atoms with Crippen LogP contribution in [0.15, 0.2) is 28.7 Å². The number of hydrogen-bond donors (Lipinski definition) is 1. The average molecular weight is 279 g/mol. The lowest BCUT2D eigenvalue weighted by Crippen LogP contribution is -2.42. The van der Waals surface area contributed by atoms with Crippen molar-refractivity contribution in [1.82, 2.24) is 20.4 Å². The molecule has 1 aromatic carbocycles. The van der Waals surface area contributed by atoms with Crippen LogP contribution in [0.1, 0.15) is 5.89 Å². The molecule has 1 aromatic heterocycles. The molecule has 1 aliphatic rings. The van der Waals surface area contributed by atoms with Crippen LogP contribution in [0, 0.1) is 0 Å². The zero-order valence-electron chi connectivity index (χ0n) is 10.5. The van der Waals surface area contributed by atoms with Crippen molar-refractivity contribution in [2.75, 3.05) is 26.2 Å². The van der Waals surface area contributed by atoms with Gasteiger partial charge in [-0.25, -0.2) is 0 Å². The molecule has 0 saturated carbocycles. The van der Waals surface area contributed by atoms with Gasteiger partial charge in [-0.15, -0.1) is 10.2 Å². The number of piperazine rings is 1. The smallest absolute Gasteiger partial charge is 0.249 e. The predicted octanol–water partition coefficient (Wildman–Crippen LogP) is 1.80. The summed E-state index contributed by atoms with van der Waals surface area (Å²) in [6.45, 7) is 4.71. The normalized spacial score (nSPS) is 16.7. The van der Waals surface area contributed by atoms with Gasteiger partial charge in [0.2, 0.25) is 11.8 Å². The summed E-state index contributed by atoms with van der Waals surface area (Å²) in [5.41, 5.74) is 0.781. The van der Waals surface area contributed by atoms with Crippen LogP contribution < -0.4 is 5.32 Å². The molecule has 1 fully saturated rings. The van der Waals surface area contributed by atoms with Crippen molar-refractivity contribution in [1.29, 1.82) is 0 Å². The van der Waals surface area contributed by atoms with E-state index in [9.17, 15) is 0 Å². The second kappa shape index (κ2) is 5.69. The van der Waals surface area contributed by atoms with Crippen LogP contribution >= 0.6 is 11.6 Å². The van der Waals surface area contributed by atoms with Crippen LogP contribution in [0.5, 0.6) is 0 Å². The first-order chi connectivity index (χ1) is 9.33. The van der Waals surface area contributed by atoms with Gasteiger partial charge >= 0.3 is 0 Å². The van der Waals surface area contributed by atoms with E-state index in [-0.39, 0.29) is 0 Å². The highest BCUT2D eigenvalue weighted by Crippen LogP contribution is 2.26. The molecule has 0 atom stereocenters. The summed E-state index contributed by atoms with van der Waals surface area (Å²) in [5.74, 6) is 1.12. The minimum Gasteiger partial charge on any atom is -0.419 e.